The minimum atomic E-state index is 0.878. The molecule has 0 heterocycles. The van der Waals surface area contributed by atoms with Gasteiger partial charge in [0, 0.05) is 4.43 Å². The Labute approximate surface area is 65.4 Å². The fourth-order valence-corrected chi connectivity index (χ4v) is 0.908. The van der Waals surface area contributed by atoms with Crippen molar-refractivity contribution in [2.75, 3.05) is 18.0 Å². The number of rotatable bonds is 4. The van der Waals surface area contributed by atoms with E-state index in [1.807, 2.05) is 7.05 Å². The average Bonchev–Trinajstić information content (AvgIpc) is 1.83. The highest BCUT2D eigenvalue weighted by Crippen LogP contribution is 2.03. The molecule has 1 N–H and O–H groups in total. The maximum Gasteiger partial charge on any atom is 0.00215 e. The molecular weight excluding hydrogens is 213 g/mol. The van der Waals surface area contributed by atoms with Crippen molar-refractivity contribution in [2.24, 2.45) is 5.92 Å². The van der Waals surface area contributed by atoms with Crippen molar-refractivity contribution in [2.45, 2.75) is 13.3 Å². The van der Waals surface area contributed by atoms with Crippen LogP contribution >= 0.6 is 22.6 Å². The molecule has 0 aliphatic rings. The standard InChI is InChI=1S/C6H14IN/c1-6(5-7)3-4-8-2/h6,8H,3-5H2,1-2H3. The van der Waals surface area contributed by atoms with Crippen LogP contribution in [0.5, 0.6) is 0 Å². The lowest BCUT2D eigenvalue weighted by molar-refractivity contribution is 0.576. The lowest BCUT2D eigenvalue weighted by atomic mass is 10.1. The maximum atomic E-state index is 3.13. The maximum absolute atomic E-state index is 3.13. The zero-order chi connectivity index (χ0) is 6.41. The van der Waals surface area contributed by atoms with E-state index in [9.17, 15) is 0 Å². The predicted molar refractivity (Wildman–Crippen MR) is 46.6 cm³/mol. The van der Waals surface area contributed by atoms with Crippen LogP contribution in [0, 0.1) is 5.92 Å². The summed E-state index contributed by atoms with van der Waals surface area (Å²) < 4.78 is 1.28. The Bertz CT molecular complexity index is 47.8. The van der Waals surface area contributed by atoms with Crippen LogP contribution in [-0.2, 0) is 0 Å². The van der Waals surface area contributed by atoms with Gasteiger partial charge < -0.3 is 5.32 Å². The van der Waals surface area contributed by atoms with E-state index in [1.54, 1.807) is 0 Å². The smallest absolute Gasteiger partial charge is 0.00215 e. The number of nitrogens with one attached hydrogen (secondary N) is 1. The van der Waals surface area contributed by atoms with Crippen LogP contribution in [0.3, 0.4) is 0 Å². The molecule has 0 aromatic carbocycles. The SMILES string of the molecule is CNCCC(C)CI. The molecule has 1 atom stereocenters. The number of hydrogen-bond acceptors (Lipinski definition) is 1. The minimum Gasteiger partial charge on any atom is -0.320 e. The van der Waals surface area contributed by atoms with Crippen molar-refractivity contribution < 1.29 is 0 Å². The summed E-state index contributed by atoms with van der Waals surface area (Å²) in [5.41, 5.74) is 0. The van der Waals surface area contributed by atoms with Gasteiger partial charge in [-0.1, -0.05) is 29.5 Å². The zero-order valence-corrected chi connectivity index (χ0v) is 7.73. The summed E-state index contributed by atoms with van der Waals surface area (Å²) in [5, 5.41) is 3.13. The van der Waals surface area contributed by atoms with E-state index in [2.05, 4.69) is 34.8 Å². The molecule has 1 unspecified atom stereocenters. The second kappa shape index (κ2) is 5.82. The zero-order valence-electron chi connectivity index (χ0n) is 5.58. The topological polar surface area (TPSA) is 12.0 Å². The molecule has 0 saturated carbocycles. The van der Waals surface area contributed by atoms with Crippen LogP contribution in [0.1, 0.15) is 13.3 Å². The third-order valence-electron chi connectivity index (χ3n) is 1.15. The molecule has 0 amide bonds. The monoisotopic (exact) mass is 227 g/mol. The largest absolute Gasteiger partial charge is 0.320 e. The van der Waals surface area contributed by atoms with Gasteiger partial charge in [0.15, 0.2) is 0 Å². The molecule has 8 heavy (non-hydrogen) atoms. The summed E-state index contributed by atoms with van der Waals surface area (Å²) in [5.74, 6) is 0.878. The Hall–Kier alpha value is 0.690. The van der Waals surface area contributed by atoms with Crippen molar-refractivity contribution in [1.82, 2.24) is 5.32 Å². The molecule has 0 aromatic rings. The Morgan fingerprint density at radius 3 is 2.62 bits per heavy atom. The fraction of sp³-hybridized carbons (Fsp3) is 1.00. The third-order valence-corrected chi connectivity index (χ3v) is 2.65. The Balaban J connectivity index is 2.86. The van der Waals surface area contributed by atoms with E-state index in [4.69, 9.17) is 0 Å². The molecule has 1 nitrogen and oxygen atoms in total. The first-order valence-corrected chi connectivity index (χ1v) is 4.54. The van der Waals surface area contributed by atoms with Gasteiger partial charge >= 0.3 is 0 Å². The van der Waals surface area contributed by atoms with Crippen molar-refractivity contribution in [3.63, 3.8) is 0 Å². The van der Waals surface area contributed by atoms with Gasteiger partial charge in [0.05, 0.1) is 0 Å². The van der Waals surface area contributed by atoms with Crippen molar-refractivity contribution in [3.8, 4) is 0 Å². The first kappa shape index (κ1) is 8.69. The van der Waals surface area contributed by atoms with Crippen LogP contribution in [0.15, 0.2) is 0 Å². The van der Waals surface area contributed by atoms with Gasteiger partial charge in [-0.3, -0.25) is 0 Å². The van der Waals surface area contributed by atoms with E-state index in [0.29, 0.717) is 0 Å². The number of halogens is 1. The second-order valence-electron chi connectivity index (χ2n) is 2.15. The lowest BCUT2D eigenvalue weighted by Gasteiger charge is -2.04. The normalized spacial score (nSPS) is 13.9. The summed E-state index contributed by atoms with van der Waals surface area (Å²) in [6.45, 7) is 3.44. The van der Waals surface area contributed by atoms with Crippen LogP contribution in [-0.4, -0.2) is 18.0 Å². The molecule has 50 valence electrons. The van der Waals surface area contributed by atoms with Crippen LogP contribution in [0.4, 0.5) is 0 Å². The fourth-order valence-electron chi connectivity index (χ4n) is 0.468. The van der Waals surface area contributed by atoms with E-state index < -0.39 is 0 Å². The number of alkyl halides is 1. The first-order valence-electron chi connectivity index (χ1n) is 3.01. The summed E-state index contributed by atoms with van der Waals surface area (Å²) in [6, 6.07) is 0. The van der Waals surface area contributed by atoms with Crippen LogP contribution in [0.2, 0.25) is 0 Å². The summed E-state index contributed by atoms with van der Waals surface area (Å²) in [4.78, 5) is 0. The van der Waals surface area contributed by atoms with Crippen molar-refractivity contribution in [3.05, 3.63) is 0 Å². The predicted octanol–water partition coefficient (Wildman–Crippen LogP) is 1.67. The van der Waals surface area contributed by atoms with Gasteiger partial charge in [-0.2, -0.15) is 0 Å². The molecule has 0 radical (unpaired) electrons. The van der Waals surface area contributed by atoms with Gasteiger partial charge in [0.1, 0.15) is 0 Å². The quantitative estimate of drug-likeness (QED) is 0.569. The highest BCUT2D eigenvalue weighted by molar-refractivity contribution is 14.1. The van der Waals surface area contributed by atoms with Gasteiger partial charge in [0.2, 0.25) is 0 Å². The molecule has 0 bridgehead atoms. The Morgan fingerprint density at radius 2 is 2.25 bits per heavy atom. The second-order valence-corrected chi connectivity index (χ2v) is 3.03. The highest BCUT2D eigenvalue weighted by atomic mass is 127. The van der Waals surface area contributed by atoms with Gasteiger partial charge in [-0.05, 0) is 25.9 Å². The highest BCUT2D eigenvalue weighted by Gasteiger charge is 1.95. The van der Waals surface area contributed by atoms with Crippen LogP contribution in [0.25, 0.3) is 0 Å². The van der Waals surface area contributed by atoms with E-state index >= 15 is 0 Å². The minimum absolute atomic E-state index is 0.878. The molecule has 0 aliphatic heterocycles. The van der Waals surface area contributed by atoms with E-state index in [1.165, 1.54) is 10.8 Å². The molecule has 0 spiro atoms. The third kappa shape index (κ3) is 4.84. The average molecular weight is 227 g/mol. The molecule has 0 aliphatic carbocycles. The first-order chi connectivity index (χ1) is 3.81. The van der Waals surface area contributed by atoms with Crippen LogP contribution < -0.4 is 5.32 Å². The van der Waals surface area contributed by atoms with E-state index in [0.717, 1.165) is 12.5 Å². The molecule has 2 heteroatoms. The van der Waals surface area contributed by atoms with Gasteiger partial charge in [0.25, 0.3) is 0 Å². The van der Waals surface area contributed by atoms with Gasteiger partial charge in [-0.25, -0.2) is 0 Å². The molecular formula is C6H14IN. The molecule has 0 rings (SSSR count). The summed E-state index contributed by atoms with van der Waals surface area (Å²) in [7, 11) is 2.00. The van der Waals surface area contributed by atoms with E-state index in [-0.39, 0.29) is 0 Å². The Morgan fingerprint density at radius 1 is 1.62 bits per heavy atom. The van der Waals surface area contributed by atoms with Crippen molar-refractivity contribution >= 4 is 22.6 Å². The molecule has 0 aromatic heterocycles. The summed E-state index contributed by atoms with van der Waals surface area (Å²) in [6.07, 6.45) is 1.30. The summed E-state index contributed by atoms with van der Waals surface area (Å²) >= 11 is 2.43. The van der Waals surface area contributed by atoms with Gasteiger partial charge in [-0.15, -0.1) is 0 Å². The molecule has 0 saturated heterocycles. The van der Waals surface area contributed by atoms with Crippen molar-refractivity contribution in [1.29, 1.82) is 0 Å². The molecule has 0 fully saturated rings. The number of hydrogen-bond donors (Lipinski definition) is 1. The Kier molecular flexibility index (Phi) is 6.32. The lowest BCUT2D eigenvalue weighted by Crippen LogP contribution is -2.11.